The Hall–Kier alpha value is -1.87. The zero-order valence-electron chi connectivity index (χ0n) is 8.71. The van der Waals surface area contributed by atoms with Crippen LogP contribution in [0.25, 0.3) is 0 Å². The minimum Gasteiger partial charge on any atom is -0.298 e. The van der Waals surface area contributed by atoms with Crippen LogP contribution in [0.5, 0.6) is 0 Å². The fraction of sp³-hybridized carbons (Fsp3) is 0.182. The van der Waals surface area contributed by atoms with Gasteiger partial charge in [0.15, 0.2) is 12.1 Å². The summed E-state index contributed by atoms with van der Waals surface area (Å²) in [7, 11) is 0. The van der Waals surface area contributed by atoms with E-state index in [0.29, 0.717) is 12.1 Å². The topological polar surface area (TPSA) is 57.9 Å². The SMILES string of the molecule is N#Cc1c(C=O)cc(C(F)(F)F)cc1C(=O)CCl. The standard InChI is InChI=1S/C11H5ClF3NO2/c12-3-10(18)8-2-7(11(13,14)15)1-6(5-17)9(8)4-16/h1-2,5H,3H2. The van der Waals surface area contributed by atoms with E-state index in [1.807, 2.05) is 0 Å². The Balaban J connectivity index is 3.62. The van der Waals surface area contributed by atoms with Crippen molar-refractivity contribution in [3.8, 4) is 6.07 Å². The lowest BCUT2D eigenvalue weighted by Crippen LogP contribution is -2.12. The highest BCUT2D eigenvalue weighted by atomic mass is 35.5. The number of Topliss-reactive ketones (excluding diaryl/α,β-unsaturated/α-hetero) is 1. The number of nitriles is 1. The molecule has 1 aromatic carbocycles. The van der Waals surface area contributed by atoms with Crippen molar-refractivity contribution in [2.24, 2.45) is 0 Å². The molecular weight excluding hydrogens is 271 g/mol. The van der Waals surface area contributed by atoms with Crippen molar-refractivity contribution in [1.82, 2.24) is 0 Å². The maximum absolute atomic E-state index is 12.5. The number of benzene rings is 1. The lowest BCUT2D eigenvalue weighted by molar-refractivity contribution is -0.137. The molecular formula is C11H5ClF3NO2. The average Bonchev–Trinajstić information content (AvgIpc) is 2.34. The molecule has 0 saturated carbocycles. The van der Waals surface area contributed by atoms with Gasteiger partial charge in [-0.05, 0) is 12.1 Å². The molecule has 3 nitrogen and oxygen atoms in total. The van der Waals surface area contributed by atoms with Gasteiger partial charge in [-0.15, -0.1) is 11.6 Å². The number of aldehydes is 1. The smallest absolute Gasteiger partial charge is 0.298 e. The summed E-state index contributed by atoms with van der Waals surface area (Å²) in [5.41, 5.74) is -2.55. The van der Waals surface area contributed by atoms with Crippen molar-refractivity contribution in [3.63, 3.8) is 0 Å². The van der Waals surface area contributed by atoms with Gasteiger partial charge in [0, 0.05) is 11.1 Å². The number of carbonyl (C=O) groups excluding carboxylic acids is 2. The van der Waals surface area contributed by atoms with E-state index in [-0.39, 0.29) is 6.29 Å². The normalized spacial score (nSPS) is 10.8. The van der Waals surface area contributed by atoms with Crippen molar-refractivity contribution in [3.05, 3.63) is 34.4 Å². The molecule has 0 saturated heterocycles. The molecule has 0 atom stereocenters. The minimum absolute atomic E-state index is 0.0960. The quantitative estimate of drug-likeness (QED) is 0.484. The Kier molecular flexibility index (Phi) is 4.09. The van der Waals surface area contributed by atoms with E-state index >= 15 is 0 Å². The summed E-state index contributed by atoms with van der Waals surface area (Å²) in [6.07, 6.45) is -4.62. The summed E-state index contributed by atoms with van der Waals surface area (Å²) in [6.45, 7) is 0. The first kappa shape index (κ1) is 14.2. The number of hydrogen-bond acceptors (Lipinski definition) is 3. The van der Waals surface area contributed by atoms with Gasteiger partial charge in [-0.25, -0.2) is 0 Å². The number of ketones is 1. The average molecular weight is 276 g/mol. The predicted molar refractivity (Wildman–Crippen MR) is 56.6 cm³/mol. The first-order valence-electron chi connectivity index (χ1n) is 4.54. The molecule has 0 fully saturated rings. The molecule has 0 aliphatic rings. The third kappa shape index (κ3) is 2.68. The minimum atomic E-state index is -4.72. The van der Waals surface area contributed by atoms with Crippen LogP contribution in [0.15, 0.2) is 12.1 Å². The monoisotopic (exact) mass is 275 g/mol. The second-order valence-electron chi connectivity index (χ2n) is 3.27. The molecule has 94 valence electrons. The molecule has 0 N–H and O–H groups in total. The van der Waals surface area contributed by atoms with Gasteiger partial charge in [0.25, 0.3) is 0 Å². The van der Waals surface area contributed by atoms with Gasteiger partial charge in [-0.3, -0.25) is 9.59 Å². The summed E-state index contributed by atoms with van der Waals surface area (Å²) in [6, 6.07) is 2.58. The Morgan fingerprint density at radius 3 is 2.44 bits per heavy atom. The van der Waals surface area contributed by atoms with Crippen LogP contribution < -0.4 is 0 Å². The van der Waals surface area contributed by atoms with Gasteiger partial charge >= 0.3 is 6.18 Å². The number of alkyl halides is 4. The number of carbonyl (C=O) groups is 2. The van der Waals surface area contributed by atoms with Gasteiger partial charge in [0.2, 0.25) is 0 Å². The summed E-state index contributed by atoms with van der Waals surface area (Å²) in [5.74, 6) is -1.42. The lowest BCUT2D eigenvalue weighted by Gasteiger charge is -2.11. The van der Waals surface area contributed by atoms with Crippen molar-refractivity contribution in [1.29, 1.82) is 5.26 Å². The highest BCUT2D eigenvalue weighted by Gasteiger charge is 2.33. The summed E-state index contributed by atoms with van der Waals surface area (Å²) in [4.78, 5) is 22.0. The van der Waals surface area contributed by atoms with Crippen LogP contribution in [-0.4, -0.2) is 17.9 Å². The van der Waals surface area contributed by atoms with E-state index in [1.54, 1.807) is 0 Å². The summed E-state index contributed by atoms with van der Waals surface area (Å²) < 4.78 is 37.6. The molecule has 1 aromatic rings. The Bertz CT molecular complexity index is 546. The van der Waals surface area contributed by atoms with Gasteiger partial charge in [0.05, 0.1) is 17.0 Å². The maximum atomic E-state index is 12.5. The zero-order chi connectivity index (χ0) is 13.9. The molecule has 0 amide bonds. The molecule has 0 bridgehead atoms. The van der Waals surface area contributed by atoms with Crippen molar-refractivity contribution < 1.29 is 22.8 Å². The van der Waals surface area contributed by atoms with Gasteiger partial charge in [0.1, 0.15) is 6.07 Å². The van der Waals surface area contributed by atoms with E-state index in [9.17, 15) is 22.8 Å². The van der Waals surface area contributed by atoms with Crippen LogP contribution in [-0.2, 0) is 6.18 Å². The molecule has 0 aromatic heterocycles. The molecule has 0 spiro atoms. The van der Waals surface area contributed by atoms with Gasteiger partial charge in [-0.2, -0.15) is 18.4 Å². The van der Waals surface area contributed by atoms with Crippen molar-refractivity contribution in [2.75, 3.05) is 5.88 Å². The van der Waals surface area contributed by atoms with Crippen LogP contribution >= 0.6 is 11.6 Å². The molecule has 0 aliphatic heterocycles. The summed E-state index contributed by atoms with van der Waals surface area (Å²) in [5, 5.41) is 8.78. The fourth-order valence-corrected chi connectivity index (χ4v) is 1.48. The van der Waals surface area contributed by atoms with Crippen LogP contribution in [0.3, 0.4) is 0 Å². The second-order valence-corrected chi connectivity index (χ2v) is 3.54. The molecule has 1 rings (SSSR count). The number of hydrogen-bond donors (Lipinski definition) is 0. The first-order chi connectivity index (χ1) is 8.35. The van der Waals surface area contributed by atoms with Crippen molar-refractivity contribution in [2.45, 2.75) is 6.18 Å². The fourth-order valence-electron chi connectivity index (χ4n) is 1.34. The van der Waals surface area contributed by atoms with E-state index in [0.717, 1.165) is 0 Å². The Morgan fingerprint density at radius 1 is 1.44 bits per heavy atom. The Morgan fingerprint density at radius 2 is 2.06 bits per heavy atom. The van der Waals surface area contributed by atoms with Crippen LogP contribution in [0.1, 0.15) is 31.8 Å². The third-order valence-electron chi connectivity index (χ3n) is 2.16. The van der Waals surface area contributed by atoms with Crippen LogP contribution in [0.2, 0.25) is 0 Å². The molecule has 0 heterocycles. The molecule has 0 radical (unpaired) electrons. The zero-order valence-corrected chi connectivity index (χ0v) is 9.47. The highest BCUT2D eigenvalue weighted by molar-refractivity contribution is 6.30. The van der Waals surface area contributed by atoms with Gasteiger partial charge in [-0.1, -0.05) is 0 Å². The molecule has 0 aliphatic carbocycles. The number of halogens is 4. The van der Waals surface area contributed by atoms with Crippen LogP contribution in [0, 0.1) is 11.3 Å². The van der Waals surface area contributed by atoms with E-state index in [2.05, 4.69) is 0 Å². The lowest BCUT2D eigenvalue weighted by atomic mass is 9.96. The van der Waals surface area contributed by atoms with E-state index in [4.69, 9.17) is 16.9 Å². The van der Waals surface area contributed by atoms with Gasteiger partial charge < -0.3 is 0 Å². The largest absolute Gasteiger partial charge is 0.416 e. The molecule has 7 heteroatoms. The number of rotatable bonds is 3. The van der Waals surface area contributed by atoms with E-state index in [1.165, 1.54) is 6.07 Å². The molecule has 18 heavy (non-hydrogen) atoms. The first-order valence-corrected chi connectivity index (χ1v) is 5.08. The highest BCUT2D eigenvalue weighted by Crippen LogP contribution is 2.32. The maximum Gasteiger partial charge on any atom is 0.416 e. The van der Waals surface area contributed by atoms with Crippen molar-refractivity contribution >= 4 is 23.7 Å². The summed E-state index contributed by atoms with van der Waals surface area (Å²) >= 11 is 5.25. The third-order valence-corrected chi connectivity index (χ3v) is 2.40. The van der Waals surface area contributed by atoms with E-state index < -0.39 is 40.1 Å². The predicted octanol–water partition coefficient (Wildman–Crippen LogP) is 2.81. The Labute approximate surface area is 105 Å². The second kappa shape index (κ2) is 5.19. The molecule has 0 unspecified atom stereocenters. The number of nitrogens with zero attached hydrogens (tertiary/aromatic N) is 1. The van der Waals surface area contributed by atoms with Crippen LogP contribution in [0.4, 0.5) is 13.2 Å².